The second kappa shape index (κ2) is 8.52. The number of carboxylic acids is 1. The first-order valence-corrected chi connectivity index (χ1v) is 11.3. The van der Waals surface area contributed by atoms with Gasteiger partial charge in [-0.05, 0) is 22.3 Å². The van der Waals surface area contributed by atoms with Gasteiger partial charge in [-0.15, -0.1) is 0 Å². The highest BCUT2D eigenvalue weighted by molar-refractivity contribution is 7.71. The van der Waals surface area contributed by atoms with Gasteiger partial charge < -0.3 is 10.2 Å². The summed E-state index contributed by atoms with van der Waals surface area (Å²) in [6.45, 7) is -0.239. The standard InChI is InChI=1S/C27H22N2O4S/c30-25(31)22-11-5-6-14-27(22,33)16-29-15-21(24(34)28-26(29)32)23-19-9-3-1-7-17(19)12-13-18-8-2-4-10-20(18)23/h1-15,22-23,33H,16H2,(H,30,31)(H,28,32,34). The Morgan fingerprint density at radius 2 is 1.62 bits per heavy atom. The molecule has 1 aromatic heterocycles. The Kier molecular flexibility index (Phi) is 5.51. The number of hydrogen-bond donors (Lipinski definition) is 3. The zero-order valence-corrected chi connectivity index (χ0v) is 18.9. The summed E-state index contributed by atoms with van der Waals surface area (Å²) in [5.41, 5.74) is 2.58. The van der Waals surface area contributed by atoms with Crippen LogP contribution >= 0.6 is 12.2 Å². The van der Waals surface area contributed by atoms with Crippen LogP contribution in [0, 0.1) is 10.6 Å². The van der Waals surface area contributed by atoms with E-state index in [0.29, 0.717) is 10.2 Å². The lowest BCUT2D eigenvalue weighted by molar-refractivity contribution is -0.146. The number of fused-ring (bicyclic) bond motifs is 2. The molecule has 0 spiro atoms. The molecule has 6 nitrogen and oxygen atoms in total. The van der Waals surface area contributed by atoms with Gasteiger partial charge in [0.1, 0.15) is 16.2 Å². The predicted molar refractivity (Wildman–Crippen MR) is 133 cm³/mol. The molecule has 2 aromatic carbocycles. The van der Waals surface area contributed by atoms with Crippen molar-refractivity contribution in [3.05, 3.63) is 122 Å². The molecular formula is C27H22N2O4S. The highest BCUT2D eigenvalue weighted by atomic mass is 32.1. The minimum absolute atomic E-state index is 0.239. The third kappa shape index (κ3) is 3.79. The molecule has 5 rings (SSSR count). The molecule has 7 heteroatoms. The molecule has 2 aliphatic carbocycles. The van der Waals surface area contributed by atoms with Crippen molar-refractivity contribution in [1.29, 1.82) is 0 Å². The Hall–Kier alpha value is -3.81. The van der Waals surface area contributed by atoms with Crippen molar-refractivity contribution in [2.24, 2.45) is 5.92 Å². The Labute approximate surface area is 200 Å². The van der Waals surface area contributed by atoms with Crippen molar-refractivity contribution >= 4 is 30.3 Å². The number of rotatable bonds is 4. The number of allylic oxidation sites excluding steroid dienone is 2. The summed E-state index contributed by atoms with van der Waals surface area (Å²) >= 11 is 5.61. The average Bonchev–Trinajstić information content (AvgIpc) is 2.98. The topological polar surface area (TPSA) is 95.3 Å². The monoisotopic (exact) mass is 470 g/mol. The van der Waals surface area contributed by atoms with Gasteiger partial charge >= 0.3 is 11.7 Å². The minimum atomic E-state index is -1.76. The molecule has 3 N–H and O–H groups in total. The lowest BCUT2D eigenvalue weighted by atomic mass is 9.82. The molecule has 3 aromatic rings. The van der Waals surface area contributed by atoms with Crippen molar-refractivity contribution in [2.45, 2.75) is 18.1 Å². The van der Waals surface area contributed by atoms with Crippen LogP contribution in [0.25, 0.3) is 12.2 Å². The van der Waals surface area contributed by atoms with Crippen molar-refractivity contribution in [3.8, 4) is 0 Å². The van der Waals surface area contributed by atoms with E-state index in [0.717, 1.165) is 22.3 Å². The van der Waals surface area contributed by atoms with E-state index >= 15 is 0 Å². The normalized spacial score (nSPS) is 21.0. The van der Waals surface area contributed by atoms with Crippen molar-refractivity contribution in [3.63, 3.8) is 0 Å². The van der Waals surface area contributed by atoms with Crippen LogP contribution < -0.4 is 5.69 Å². The molecule has 2 aliphatic rings. The fourth-order valence-electron chi connectivity index (χ4n) is 4.77. The summed E-state index contributed by atoms with van der Waals surface area (Å²) in [7, 11) is 0. The van der Waals surface area contributed by atoms with Crippen LogP contribution in [0.2, 0.25) is 0 Å². The second-order valence-electron chi connectivity index (χ2n) is 8.55. The zero-order valence-electron chi connectivity index (χ0n) is 18.1. The van der Waals surface area contributed by atoms with Gasteiger partial charge in [0.25, 0.3) is 0 Å². The Bertz CT molecular complexity index is 1450. The first-order valence-electron chi connectivity index (χ1n) is 10.9. The van der Waals surface area contributed by atoms with Gasteiger partial charge in [0.05, 0.1) is 6.54 Å². The molecule has 2 atom stereocenters. The maximum Gasteiger partial charge on any atom is 0.326 e. The molecule has 0 amide bonds. The minimum Gasteiger partial charge on any atom is -0.481 e. The van der Waals surface area contributed by atoms with E-state index in [1.165, 1.54) is 16.7 Å². The van der Waals surface area contributed by atoms with E-state index in [1.54, 1.807) is 18.3 Å². The van der Waals surface area contributed by atoms with E-state index in [2.05, 4.69) is 17.1 Å². The number of aliphatic carboxylic acids is 1. The summed E-state index contributed by atoms with van der Waals surface area (Å²) in [4.78, 5) is 27.4. The van der Waals surface area contributed by atoms with Crippen LogP contribution in [0.5, 0.6) is 0 Å². The summed E-state index contributed by atoms with van der Waals surface area (Å²) in [5.74, 6) is -2.61. The molecule has 2 unspecified atom stereocenters. The average molecular weight is 471 g/mol. The fourth-order valence-corrected chi connectivity index (χ4v) is 5.03. The number of H-pyrrole nitrogens is 1. The molecule has 0 saturated carbocycles. The summed E-state index contributed by atoms with van der Waals surface area (Å²) in [6, 6.07) is 16.0. The highest BCUT2D eigenvalue weighted by Gasteiger charge is 2.40. The zero-order chi connectivity index (χ0) is 23.9. The number of hydrogen-bond acceptors (Lipinski definition) is 4. The second-order valence-corrected chi connectivity index (χ2v) is 8.96. The van der Waals surface area contributed by atoms with Crippen molar-refractivity contribution < 1.29 is 15.0 Å². The van der Waals surface area contributed by atoms with Crippen molar-refractivity contribution in [1.82, 2.24) is 9.55 Å². The summed E-state index contributed by atoms with van der Waals surface area (Å²) in [5, 5.41) is 20.8. The van der Waals surface area contributed by atoms with Crippen molar-refractivity contribution in [2.75, 3.05) is 0 Å². The fraction of sp³-hybridized carbons (Fsp3) is 0.148. The third-order valence-corrected chi connectivity index (χ3v) is 6.77. The number of aromatic amines is 1. The number of aliphatic hydroxyl groups is 1. The van der Waals surface area contributed by atoms with Crippen LogP contribution in [-0.2, 0) is 11.3 Å². The highest BCUT2D eigenvalue weighted by Crippen LogP contribution is 2.39. The first kappa shape index (κ1) is 22.0. The van der Waals surface area contributed by atoms with Crippen LogP contribution in [0.15, 0.2) is 83.8 Å². The lowest BCUT2D eigenvalue weighted by Crippen LogP contribution is -2.46. The van der Waals surface area contributed by atoms with Gasteiger partial charge in [-0.3, -0.25) is 14.3 Å². The van der Waals surface area contributed by atoms with E-state index in [4.69, 9.17) is 12.2 Å². The number of carbonyl (C=O) groups is 1. The van der Waals surface area contributed by atoms with E-state index in [1.807, 2.05) is 48.5 Å². The number of aromatic nitrogens is 2. The molecule has 0 saturated heterocycles. The van der Waals surface area contributed by atoms with Gasteiger partial charge in [0.15, 0.2) is 0 Å². The van der Waals surface area contributed by atoms with Crippen LogP contribution in [-0.4, -0.2) is 31.3 Å². The number of benzene rings is 2. The predicted octanol–water partition coefficient (Wildman–Crippen LogP) is 4.13. The Morgan fingerprint density at radius 3 is 2.24 bits per heavy atom. The van der Waals surface area contributed by atoms with Gasteiger partial charge in [-0.1, -0.05) is 97.2 Å². The van der Waals surface area contributed by atoms with Crippen LogP contribution in [0.3, 0.4) is 0 Å². The molecule has 0 fully saturated rings. The molecule has 34 heavy (non-hydrogen) atoms. The van der Waals surface area contributed by atoms with E-state index in [-0.39, 0.29) is 12.5 Å². The Morgan fingerprint density at radius 1 is 1.00 bits per heavy atom. The SMILES string of the molecule is O=C(O)C1C=CC=CC1(O)Cn1cc(C2c3ccccc3C=Cc3ccccc32)c(=S)[nH]c1=O. The van der Waals surface area contributed by atoms with E-state index in [9.17, 15) is 19.8 Å². The van der Waals surface area contributed by atoms with Crippen LogP contribution in [0.1, 0.15) is 33.7 Å². The quantitative estimate of drug-likeness (QED) is 0.390. The smallest absolute Gasteiger partial charge is 0.326 e. The molecule has 0 aliphatic heterocycles. The van der Waals surface area contributed by atoms with Gasteiger partial charge in [-0.2, -0.15) is 0 Å². The maximum atomic E-state index is 12.9. The van der Waals surface area contributed by atoms with Crippen LogP contribution in [0.4, 0.5) is 0 Å². The first-order chi connectivity index (χ1) is 16.4. The molecule has 0 bridgehead atoms. The molecule has 1 heterocycles. The van der Waals surface area contributed by atoms with Gasteiger partial charge in [-0.25, -0.2) is 4.79 Å². The lowest BCUT2D eigenvalue weighted by Gasteiger charge is -2.31. The number of carboxylic acid groups (broad SMARTS) is 1. The Balaban J connectivity index is 1.68. The molecule has 170 valence electrons. The maximum absolute atomic E-state index is 12.9. The van der Waals surface area contributed by atoms with Gasteiger partial charge in [0.2, 0.25) is 0 Å². The number of nitrogens with one attached hydrogen (secondary N) is 1. The largest absolute Gasteiger partial charge is 0.481 e. The third-order valence-electron chi connectivity index (χ3n) is 6.43. The molecule has 0 radical (unpaired) electrons. The summed E-state index contributed by atoms with van der Waals surface area (Å²) < 4.78 is 1.62. The number of nitrogens with zero attached hydrogens (tertiary/aromatic N) is 1. The summed E-state index contributed by atoms with van der Waals surface area (Å²) in [6.07, 6.45) is 11.8. The van der Waals surface area contributed by atoms with E-state index < -0.39 is 23.2 Å². The van der Waals surface area contributed by atoms with Gasteiger partial charge in [0, 0.05) is 17.7 Å². The molecular weight excluding hydrogens is 448 g/mol.